The maximum Gasteiger partial charge on any atom is 0.410 e. The summed E-state index contributed by atoms with van der Waals surface area (Å²) in [7, 11) is 0. The number of fused-ring (bicyclic) bond motifs is 1. The molecule has 0 N–H and O–H groups in total. The third-order valence-electron chi connectivity index (χ3n) is 4.96. The highest BCUT2D eigenvalue weighted by Gasteiger charge is 2.33. The van der Waals surface area contributed by atoms with E-state index < -0.39 is 11.7 Å². The first kappa shape index (κ1) is 19.3. The first-order valence-corrected chi connectivity index (χ1v) is 9.36. The molecule has 3 amide bonds. The lowest BCUT2D eigenvalue weighted by Crippen LogP contribution is -2.56. The van der Waals surface area contributed by atoms with Crippen molar-refractivity contribution in [3.63, 3.8) is 0 Å². The largest absolute Gasteiger partial charge is 0.444 e. The molecule has 148 valence electrons. The molecule has 0 bridgehead atoms. The number of rotatable bonds is 2. The first-order valence-electron chi connectivity index (χ1n) is 9.36. The van der Waals surface area contributed by atoms with E-state index in [2.05, 4.69) is 4.57 Å². The number of hydrogen-bond donors (Lipinski definition) is 0. The Morgan fingerprint density at radius 2 is 1.93 bits per heavy atom. The van der Waals surface area contributed by atoms with E-state index in [0.717, 1.165) is 12.2 Å². The minimum absolute atomic E-state index is 0.0144. The van der Waals surface area contributed by atoms with Crippen LogP contribution in [0.25, 0.3) is 0 Å². The summed E-state index contributed by atoms with van der Waals surface area (Å²) in [4.78, 5) is 42.1. The molecule has 27 heavy (non-hydrogen) atoms. The van der Waals surface area contributed by atoms with Gasteiger partial charge in [0, 0.05) is 38.1 Å². The second-order valence-corrected chi connectivity index (χ2v) is 8.11. The normalized spacial score (nSPS) is 20.5. The molecule has 1 fully saturated rings. The summed E-state index contributed by atoms with van der Waals surface area (Å²) in [5.41, 5.74) is 0.505. The lowest BCUT2D eigenvalue weighted by Gasteiger charge is -2.38. The highest BCUT2D eigenvalue weighted by molar-refractivity contribution is 5.88. The Labute approximate surface area is 159 Å². The molecule has 0 spiro atoms. The Kier molecular flexibility index (Phi) is 5.17. The van der Waals surface area contributed by atoms with Gasteiger partial charge in [-0.15, -0.1) is 0 Å². The third-order valence-corrected chi connectivity index (χ3v) is 4.96. The van der Waals surface area contributed by atoms with Crippen molar-refractivity contribution in [1.82, 2.24) is 19.3 Å². The number of carbonyl (C=O) groups excluding carboxylic acids is 3. The van der Waals surface area contributed by atoms with Crippen LogP contribution in [-0.2, 0) is 20.9 Å². The maximum absolute atomic E-state index is 12.8. The molecule has 1 saturated heterocycles. The van der Waals surface area contributed by atoms with Gasteiger partial charge in [-0.25, -0.2) is 4.79 Å². The zero-order chi connectivity index (χ0) is 19.8. The van der Waals surface area contributed by atoms with Crippen molar-refractivity contribution in [1.29, 1.82) is 0 Å². The molecule has 8 nitrogen and oxygen atoms in total. The van der Waals surface area contributed by atoms with Gasteiger partial charge in [-0.05, 0) is 39.8 Å². The molecular formula is C19H28N4O4. The van der Waals surface area contributed by atoms with E-state index in [4.69, 9.17) is 4.74 Å². The van der Waals surface area contributed by atoms with Gasteiger partial charge in [0.15, 0.2) is 0 Å². The minimum atomic E-state index is -0.602. The van der Waals surface area contributed by atoms with Gasteiger partial charge in [-0.1, -0.05) is 0 Å². The van der Waals surface area contributed by atoms with Crippen LogP contribution in [0.1, 0.15) is 39.4 Å². The van der Waals surface area contributed by atoms with Gasteiger partial charge in [0.2, 0.25) is 11.8 Å². The van der Waals surface area contributed by atoms with Gasteiger partial charge >= 0.3 is 6.09 Å². The fourth-order valence-corrected chi connectivity index (χ4v) is 3.53. The molecule has 8 heteroatoms. The highest BCUT2D eigenvalue weighted by atomic mass is 16.6. The van der Waals surface area contributed by atoms with Crippen molar-refractivity contribution in [2.45, 2.75) is 45.9 Å². The molecule has 0 aliphatic carbocycles. The quantitative estimate of drug-likeness (QED) is 0.783. The van der Waals surface area contributed by atoms with Crippen LogP contribution in [0.3, 0.4) is 0 Å². The molecular weight excluding hydrogens is 348 g/mol. The standard InChI is InChI=1S/C19H28N4O4/c1-14-15-6-5-7-20(15)10-11-23(14)17(25)13-21-8-9-22(12-16(21)24)18(26)27-19(2,3)4/h5-7,14H,8-13H2,1-4H3. The number of aromatic nitrogens is 1. The molecule has 0 aromatic carbocycles. The maximum atomic E-state index is 12.8. The van der Waals surface area contributed by atoms with E-state index >= 15 is 0 Å². The van der Waals surface area contributed by atoms with Crippen LogP contribution in [0, 0.1) is 0 Å². The molecule has 1 aromatic heterocycles. The van der Waals surface area contributed by atoms with Crippen LogP contribution in [0.4, 0.5) is 4.79 Å². The summed E-state index contributed by atoms with van der Waals surface area (Å²) in [6.45, 7) is 9.46. The van der Waals surface area contributed by atoms with Crippen molar-refractivity contribution in [3.8, 4) is 0 Å². The highest BCUT2D eigenvalue weighted by Crippen LogP contribution is 2.25. The van der Waals surface area contributed by atoms with Crippen LogP contribution in [0.5, 0.6) is 0 Å². The van der Waals surface area contributed by atoms with E-state index in [9.17, 15) is 14.4 Å². The van der Waals surface area contributed by atoms with E-state index in [0.29, 0.717) is 19.6 Å². The van der Waals surface area contributed by atoms with Crippen LogP contribution >= 0.6 is 0 Å². The summed E-state index contributed by atoms with van der Waals surface area (Å²) >= 11 is 0. The summed E-state index contributed by atoms with van der Waals surface area (Å²) in [5.74, 6) is -0.289. The molecule has 0 saturated carbocycles. The number of piperazine rings is 1. The molecule has 2 aliphatic rings. The summed E-state index contributed by atoms with van der Waals surface area (Å²) in [6, 6.07) is 3.99. The van der Waals surface area contributed by atoms with Gasteiger partial charge in [0.1, 0.15) is 12.1 Å². The summed E-state index contributed by atoms with van der Waals surface area (Å²) < 4.78 is 7.47. The number of ether oxygens (including phenoxy) is 1. The van der Waals surface area contributed by atoms with Gasteiger partial charge < -0.3 is 19.1 Å². The van der Waals surface area contributed by atoms with E-state index in [1.54, 1.807) is 20.8 Å². The van der Waals surface area contributed by atoms with E-state index in [-0.39, 0.29) is 30.9 Å². The van der Waals surface area contributed by atoms with Crippen molar-refractivity contribution >= 4 is 17.9 Å². The SMILES string of the molecule is CC1c2cccn2CCN1C(=O)CN1CCN(C(=O)OC(C)(C)C)CC1=O. The second-order valence-electron chi connectivity index (χ2n) is 8.11. The van der Waals surface area contributed by atoms with Crippen LogP contribution in [0.2, 0.25) is 0 Å². The molecule has 2 aliphatic heterocycles. The summed E-state index contributed by atoms with van der Waals surface area (Å²) in [6.07, 6.45) is 1.53. The number of hydrogen-bond acceptors (Lipinski definition) is 4. The second kappa shape index (κ2) is 7.25. The zero-order valence-electron chi connectivity index (χ0n) is 16.5. The molecule has 1 unspecified atom stereocenters. The zero-order valence-corrected chi connectivity index (χ0v) is 16.5. The van der Waals surface area contributed by atoms with Crippen LogP contribution < -0.4 is 0 Å². The fourth-order valence-electron chi connectivity index (χ4n) is 3.53. The van der Waals surface area contributed by atoms with E-state index in [1.165, 1.54) is 9.80 Å². The minimum Gasteiger partial charge on any atom is -0.444 e. The Morgan fingerprint density at radius 1 is 1.19 bits per heavy atom. The summed E-state index contributed by atoms with van der Waals surface area (Å²) in [5, 5.41) is 0. The van der Waals surface area contributed by atoms with Crippen molar-refractivity contribution in [3.05, 3.63) is 24.0 Å². The molecule has 1 aromatic rings. The van der Waals surface area contributed by atoms with Gasteiger partial charge in [0.05, 0.1) is 12.6 Å². The predicted octanol–water partition coefficient (Wildman–Crippen LogP) is 1.47. The Morgan fingerprint density at radius 3 is 2.59 bits per heavy atom. The average molecular weight is 376 g/mol. The predicted molar refractivity (Wildman–Crippen MR) is 98.9 cm³/mol. The average Bonchev–Trinajstić information content (AvgIpc) is 3.05. The van der Waals surface area contributed by atoms with E-state index in [1.807, 2.05) is 30.2 Å². The molecule has 3 rings (SSSR count). The monoisotopic (exact) mass is 376 g/mol. The number of amides is 3. The number of carbonyl (C=O) groups is 3. The van der Waals surface area contributed by atoms with Gasteiger partial charge in [-0.3, -0.25) is 14.5 Å². The van der Waals surface area contributed by atoms with Crippen molar-refractivity contribution in [2.24, 2.45) is 0 Å². The van der Waals surface area contributed by atoms with Crippen molar-refractivity contribution in [2.75, 3.05) is 32.7 Å². The Hall–Kier alpha value is -2.51. The van der Waals surface area contributed by atoms with Gasteiger partial charge in [-0.2, -0.15) is 0 Å². The topological polar surface area (TPSA) is 75.1 Å². The molecule has 3 heterocycles. The Bertz CT molecular complexity index is 736. The fraction of sp³-hybridized carbons (Fsp3) is 0.632. The first-order chi connectivity index (χ1) is 12.7. The van der Waals surface area contributed by atoms with Crippen LogP contribution in [-0.4, -0.2) is 75.5 Å². The van der Waals surface area contributed by atoms with Crippen LogP contribution in [0.15, 0.2) is 18.3 Å². The lowest BCUT2D eigenvalue weighted by atomic mass is 10.1. The molecule has 0 radical (unpaired) electrons. The smallest absolute Gasteiger partial charge is 0.410 e. The molecule has 1 atom stereocenters. The lowest BCUT2D eigenvalue weighted by molar-refractivity contribution is -0.145. The Balaban J connectivity index is 1.56. The van der Waals surface area contributed by atoms with Gasteiger partial charge in [0.25, 0.3) is 0 Å². The van der Waals surface area contributed by atoms with Crippen molar-refractivity contribution < 1.29 is 19.1 Å². The third kappa shape index (κ3) is 4.26. The number of nitrogens with zero attached hydrogens (tertiary/aromatic N) is 4.